The highest BCUT2D eigenvalue weighted by molar-refractivity contribution is 9.10. The van der Waals surface area contributed by atoms with Gasteiger partial charge in [0, 0.05) is 10.5 Å². The summed E-state index contributed by atoms with van der Waals surface area (Å²) in [5.74, 6) is 0. The van der Waals surface area contributed by atoms with Gasteiger partial charge in [-0.25, -0.2) is 4.98 Å². The second-order valence-electron chi connectivity index (χ2n) is 5.14. The van der Waals surface area contributed by atoms with E-state index in [0.29, 0.717) is 18.4 Å². The van der Waals surface area contributed by atoms with E-state index < -0.39 is 5.60 Å². The van der Waals surface area contributed by atoms with Crippen molar-refractivity contribution in [3.8, 4) is 6.07 Å². The second-order valence-corrected chi connectivity index (χ2v) is 6.06. The molecule has 1 aliphatic rings. The highest BCUT2D eigenvalue weighted by Gasteiger charge is 2.40. The second kappa shape index (κ2) is 3.81. The summed E-state index contributed by atoms with van der Waals surface area (Å²) >= 11 is 3.38. The van der Waals surface area contributed by atoms with Crippen LogP contribution < -0.4 is 0 Å². The first-order chi connectivity index (χ1) is 8.50. The Kier molecular flexibility index (Phi) is 2.47. The molecule has 1 heterocycles. The maximum absolute atomic E-state index is 9.82. The zero-order valence-electron chi connectivity index (χ0n) is 9.89. The number of fused-ring (bicyclic) bond motifs is 1. The van der Waals surface area contributed by atoms with Crippen molar-refractivity contribution in [1.82, 2.24) is 9.55 Å². The fraction of sp³-hybridized carbons (Fsp3) is 0.385. The average Bonchev–Trinajstić information content (AvgIpc) is 2.67. The van der Waals surface area contributed by atoms with E-state index in [9.17, 15) is 10.4 Å². The minimum absolute atomic E-state index is 0.235. The Balaban J connectivity index is 2.12. The van der Waals surface area contributed by atoms with Gasteiger partial charge in [-0.05, 0) is 31.9 Å². The fourth-order valence-corrected chi connectivity index (χ4v) is 3.10. The number of rotatable bonds is 1. The summed E-state index contributed by atoms with van der Waals surface area (Å²) in [6, 6.07) is 6.15. The maximum Gasteiger partial charge on any atom is 0.101 e. The van der Waals surface area contributed by atoms with Crippen LogP contribution in [-0.4, -0.2) is 20.3 Å². The van der Waals surface area contributed by atoms with Crippen molar-refractivity contribution in [3.63, 3.8) is 0 Å². The molecule has 0 spiro atoms. The summed E-state index contributed by atoms with van der Waals surface area (Å²) in [7, 11) is 0. The van der Waals surface area contributed by atoms with E-state index >= 15 is 0 Å². The number of hydrogen-bond acceptors (Lipinski definition) is 3. The third-order valence-electron chi connectivity index (χ3n) is 3.50. The molecule has 0 unspecified atom stereocenters. The van der Waals surface area contributed by atoms with Crippen LogP contribution in [0.2, 0.25) is 0 Å². The zero-order chi connectivity index (χ0) is 12.9. The summed E-state index contributed by atoms with van der Waals surface area (Å²) in [6.45, 7) is 1.84. The molecule has 92 valence electrons. The van der Waals surface area contributed by atoms with Crippen LogP contribution in [0, 0.1) is 11.3 Å². The van der Waals surface area contributed by atoms with Crippen LogP contribution in [0.1, 0.15) is 31.4 Å². The van der Waals surface area contributed by atoms with Crippen LogP contribution in [0.15, 0.2) is 22.9 Å². The lowest BCUT2D eigenvalue weighted by atomic mass is 9.77. The van der Waals surface area contributed by atoms with Gasteiger partial charge in [0.15, 0.2) is 0 Å². The van der Waals surface area contributed by atoms with Crippen LogP contribution in [0.3, 0.4) is 0 Å². The maximum atomic E-state index is 9.82. The van der Waals surface area contributed by atoms with Gasteiger partial charge in [-0.3, -0.25) is 0 Å². The Labute approximate surface area is 113 Å². The third-order valence-corrected chi connectivity index (χ3v) is 3.96. The van der Waals surface area contributed by atoms with E-state index in [-0.39, 0.29) is 6.04 Å². The number of nitriles is 1. The molecule has 1 aromatic heterocycles. The molecule has 0 aliphatic heterocycles. The van der Waals surface area contributed by atoms with Crippen molar-refractivity contribution in [2.75, 3.05) is 0 Å². The Hall–Kier alpha value is -1.38. The van der Waals surface area contributed by atoms with Crippen LogP contribution in [0.4, 0.5) is 0 Å². The summed E-state index contributed by atoms with van der Waals surface area (Å²) in [5, 5.41) is 19.0. The number of benzene rings is 1. The summed E-state index contributed by atoms with van der Waals surface area (Å²) in [6.07, 6.45) is 3.18. The van der Waals surface area contributed by atoms with Gasteiger partial charge in [0.25, 0.3) is 0 Å². The first kappa shape index (κ1) is 11.7. The van der Waals surface area contributed by atoms with E-state index in [1.54, 1.807) is 12.4 Å². The molecule has 5 heteroatoms. The first-order valence-electron chi connectivity index (χ1n) is 5.79. The largest absolute Gasteiger partial charge is 0.390 e. The molecule has 1 aliphatic carbocycles. The van der Waals surface area contributed by atoms with Gasteiger partial charge in [-0.1, -0.05) is 15.9 Å². The number of nitrogens with zero attached hydrogens (tertiary/aromatic N) is 3. The van der Waals surface area contributed by atoms with Gasteiger partial charge >= 0.3 is 0 Å². The number of aromatic nitrogens is 2. The van der Waals surface area contributed by atoms with Gasteiger partial charge in [0.1, 0.15) is 6.07 Å². The molecule has 0 atom stereocenters. The Morgan fingerprint density at radius 2 is 2.28 bits per heavy atom. The van der Waals surface area contributed by atoms with E-state index in [4.69, 9.17) is 0 Å². The Bertz CT molecular complexity index is 661. The van der Waals surface area contributed by atoms with Crippen molar-refractivity contribution in [1.29, 1.82) is 5.26 Å². The number of aliphatic hydroxyl groups is 1. The standard InChI is InChI=1S/C13H12BrN3O/c1-13(18)4-10(5-13)17-7-16-11-3-9(14)2-8(6-15)12(11)17/h2-3,7,10,18H,4-5H2,1H3. The molecule has 3 rings (SSSR count). The highest BCUT2D eigenvalue weighted by Crippen LogP contribution is 2.42. The predicted molar refractivity (Wildman–Crippen MR) is 71.0 cm³/mol. The van der Waals surface area contributed by atoms with E-state index in [1.165, 1.54) is 0 Å². The third kappa shape index (κ3) is 1.73. The molecule has 1 saturated carbocycles. The number of hydrogen-bond donors (Lipinski definition) is 1. The molecular formula is C13H12BrN3O. The molecule has 18 heavy (non-hydrogen) atoms. The molecule has 0 amide bonds. The van der Waals surface area contributed by atoms with Gasteiger partial charge < -0.3 is 9.67 Å². The number of imidazole rings is 1. The topological polar surface area (TPSA) is 61.8 Å². The Morgan fingerprint density at radius 3 is 2.89 bits per heavy atom. The lowest BCUT2D eigenvalue weighted by Crippen LogP contribution is -2.41. The lowest BCUT2D eigenvalue weighted by molar-refractivity contribution is -0.0498. The molecule has 2 aromatic rings. The first-order valence-corrected chi connectivity index (χ1v) is 6.58. The van der Waals surface area contributed by atoms with Crippen LogP contribution in [-0.2, 0) is 0 Å². The quantitative estimate of drug-likeness (QED) is 0.881. The van der Waals surface area contributed by atoms with Crippen molar-refractivity contribution in [3.05, 3.63) is 28.5 Å². The minimum atomic E-state index is -0.580. The summed E-state index contributed by atoms with van der Waals surface area (Å²) < 4.78 is 2.87. The van der Waals surface area contributed by atoms with Gasteiger partial charge in [-0.2, -0.15) is 5.26 Å². The van der Waals surface area contributed by atoms with Crippen molar-refractivity contribution < 1.29 is 5.11 Å². The molecule has 0 saturated heterocycles. The summed E-state index contributed by atoms with van der Waals surface area (Å²) in [4.78, 5) is 4.34. The normalized spacial score (nSPS) is 26.9. The van der Waals surface area contributed by atoms with Crippen LogP contribution >= 0.6 is 15.9 Å². The molecule has 1 N–H and O–H groups in total. The van der Waals surface area contributed by atoms with Crippen molar-refractivity contribution in [2.45, 2.75) is 31.4 Å². The summed E-state index contributed by atoms with van der Waals surface area (Å²) in [5.41, 5.74) is 1.71. The monoisotopic (exact) mass is 305 g/mol. The van der Waals surface area contributed by atoms with Crippen molar-refractivity contribution in [2.24, 2.45) is 0 Å². The van der Waals surface area contributed by atoms with Gasteiger partial charge in [0.05, 0.1) is 28.5 Å². The Morgan fingerprint density at radius 1 is 1.56 bits per heavy atom. The lowest BCUT2D eigenvalue weighted by Gasteiger charge is -2.41. The van der Waals surface area contributed by atoms with E-state index in [0.717, 1.165) is 15.5 Å². The molecule has 4 nitrogen and oxygen atoms in total. The minimum Gasteiger partial charge on any atom is -0.390 e. The average molecular weight is 306 g/mol. The van der Waals surface area contributed by atoms with Crippen molar-refractivity contribution >= 4 is 27.0 Å². The van der Waals surface area contributed by atoms with Gasteiger partial charge in [0.2, 0.25) is 0 Å². The van der Waals surface area contributed by atoms with E-state index in [1.807, 2.05) is 17.6 Å². The number of halogens is 1. The molecule has 1 aromatic carbocycles. The predicted octanol–water partition coefficient (Wildman–Crippen LogP) is 2.76. The molecule has 0 radical (unpaired) electrons. The van der Waals surface area contributed by atoms with Gasteiger partial charge in [-0.15, -0.1) is 0 Å². The molecule has 0 bridgehead atoms. The fourth-order valence-electron chi connectivity index (χ4n) is 2.65. The zero-order valence-corrected chi connectivity index (χ0v) is 11.5. The smallest absolute Gasteiger partial charge is 0.101 e. The van der Waals surface area contributed by atoms with E-state index in [2.05, 4.69) is 27.0 Å². The SMILES string of the molecule is CC1(O)CC(n2cnc3cc(Br)cc(C#N)c32)C1. The molecule has 1 fully saturated rings. The molecular weight excluding hydrogens is 294 g/mol. The van der Waals surface area contributed by atoms with Crippen LogP contribution in [0.5, 0.6) is 0 Å². The van der Waals surface area contributed by atoms with Crippen LogP contribution in [0.25, 0.3) is 11.0 Å². The highest BCUT2D eigenvalue weighted by atomic mass is 79.9.